The molecule has 1 aromatic carbocycles. The SMILES string of the molecule is CC(O)C1CCN(Cc2cccc(CN3CCC(C(C)O)C3)c2)C1. The molecule has 0 amide bonds. The summed E-state index contributed by atoms with van der Waals surface area (Å²) >= 11 is 0. The molecule has 2 aliphatic heterocycles. The maximum absolute atomic E-state index is 9.75. The fourth-order valence-corrected chi connectivity index (χ4v) is 4.14. The molecule has 0 aliphatic carbocycles. The Labute approximate surface area is 146 Å². The van der Waals surface area contributed by atoms with Crippen molar-refractivity contribution in [2.45, 2.75) is 52.0 Å². The number of aliphatic hydroxyl groups is 2. The van der Waals surface area contributed by atoms with Crippen molar-refractivity contribution in [3.63, 3.8) is 0 Å². The fourth-order valence-electron chi connectivity index (χ4n) is 4.14. The van der Waals surface area contributed by atoms with Crippen LogP contribution in [0.15, 0.2) is 24.3 Å². The lowest BCUT2D eigenvalue weighted by Crippen LogP contribution is -2.25. The summed E-state index contributed by atoms with van der Waals surface area (Å²) in [6, 6.07) is 8.91. The number of nitrogens with zero attached hydrogens (tertiary/aromatic N) is 2. The van der Waals surface area contributed by atoms with Gasteiger partial charge in [0, 0.05) is 26.2 Å². The van der Waals surface area contributed by atoms with Crippen LogP contribution in [0.1, 0.15) is 37.8 Å². The summed E-state index contributed by atoms with van der Waals surface area (Å²) in [5.41, 5.74) is 2.73. The van der Waals surface area contributed by atoms with E-state index in [2.05, 4.69) is 34.1 Å². The predicted molar refractivity (Wildman–Crippen MR) is 96.6 cm³/mol. The molecule has 0 spiro atoms. The summed E-state index contributed by atoms with van der Waals surface area (Å²) in [4.78, 5) is 4.91. The van der Waals surface area contributed by atoms with Gasteiger partial charge in [-0.15, -0.1) is 0 Å². The molecule has 4 heteroatoms. The van der Waals surface area contributed by atoms with Gasteiger partial charge >= 0.3 is 0 Å². The van der Waals surface area contributed by atoms with Crippen molar-refractivity contribution in [1.29, 1.82) is 0 Å². The second-order valence-corrected chi connectivity index (χ2v) is 7.87. The molecular formula is C20H32N2O2. The maximum atomic E-state index is 9.75. The zero-order chi connectivity index (χ0) is 17.1. The molecule has 0 aromatic heterocycles. The first kappa shape index (κ1) is 17.9. The Morgan fingerprint density at radius 1 is 0.917 bits per heavy atom. The average molecular weight is 332 g/mol. The molecule has 1 aromatic rings. The third-order valence-corrected chi connectivity index (χ3v) is 5.79. The van der Waals surface area contributed by atoms with E-state index >= 15 is 0 Å². The van der Waals surface area contributed by atoms with Crippen LogP contribution in [0, 0.1) is 11.8 Å². The first-order chi connectivity index (χ1) is 11.5. The highest BCUT2D eigenvalue weighted by atomic mass is 16.3. The summed E-state index contributed by atoms with van der Waals surface area (Å²) in [6.45, 7) is 9.95. The molecule has 2 saturated heterocycles. The Morgan fingerprint density at radius 2 is 1.38 bits per heavy atom. The van der Waals surface area contributed by atoms with Crippen molar-refractivity contribution in [2.24, 2.45) is 11.8 Å². The number of likely N-dealkylation sites (tertiary alicyclic amines) is 2. The topological polar surface area (TPSA) is 46.9 Å². The number of benzene rings is 1. The summed E-state index contributed by atoms with van der Waals surface area (Å²) in [6.07, 6.45) is 1.81. The van der Waals surface area contributed by atoms with Gasteiger partial charge in [0.05, 0.1) is 12.2 Å². The van der Waals surface area contributed by atoms with E-state index in [0.29, 0.717) is 11.8 Å². The van der Waals surface area contributed by atoms with Gasteiger partial charge in [-0.2, -0.15) is 0 Å². The lowest BCUT2D eigenvalue weighted by molar-refractivity contribution is 0.127. The van der Waals surface area contributed by atoms with E-state index in [4.69, 9.17) is 0 Å². The minimum absolute atomic E-state index is 0.196. The van der Waals surface area contributed by atoms with Gasteiger partial charge in [0.25, 0.3) is 0 Å². The van der Waals surface area contributed by atoms with Gasteiger partial charge in [-0.1, -0.05) is 24.3 Å². The number of hydrogen-bond acceptors (Lipinski definition) is 4. The van der Waals surface area contributed by atoms with E-state index in [9.17, 15) is 10.2 Å². The van der Waals surface area contributed by atoms with Crippen LogP contribution >= 0.6 is 0 Å². The van der Waals surface area contributed by atoms with Gasteiger partial charge in [0.2, 0.25) is 0 Å². The van der Waals surface area contributed by atoms with Crippen molar-refractivity contribution in [3.05, 3.63) is 35.4 Å². The molecule has 2 N–H and O–H groups in total. The number of rotatable bonds is 6. The molecule has 4 nitrogen and oxygen atoms in total. The van der Waals surface area contributed by atoms with Crippen LogP contribution in [0.3, 0.4) is 0 Å². The van der Waals surface area contributed by atoms with E-state index in [1.807, 2.05) is 13.8 Å². The number of aliphatic hydroxyl groups excluding tert-OH is 2. The average Bonchev–Trinajstić information content (AvgIpc) is 3.17. The maximum Gasteiger partial charge on any atom is 0.0552 e. The van der Waals surface area contributed by atoms with Gasteiger partial charge in [0.15, 0.2) is 0 Å². The molecule has 4 unspecified atom stereocenters. The van der Waals surface area contributed by atoms with Gasteiger partial charge in [-0.05, 0) is 62.7 Å². The summed E-state index contributed by atoms with van der Waals surface area (Å²) in [5, 5.41) is 19.5. The standard InChI is InChI=1S/C20H32N2O2/c1-15(23)19-6-8-21(13-19)11-17-4-3-5-18(10-17)12-22-9-7-20(14-22)16(2)24/h3-5,10,15-16,19-20,23-24H,6-9,11-14H2,1-2H3. The Bertz CT molecular complexity index is 489. The fraction of sp³-hybridized carbons (Fsp3) is 0.700. The molecular weight excluding hydrogens is 300 g/mol. The lowest BCUT2D eigenvalue weighted by atomic mass is 10.0. The van der Waals surface area contributed by atoms with Crippen LogP contribution < -0.4 is 0 Å². The van der Waals surface area contributed by atoms with E-state index < -0.39 is 0 Å². The minimum atomic E-state index is -0.196. The molecule has 2 heterocycles. The van der Waals surface area contributed by atoms with Gasteiger partial charge in [-0.25, -0.2) is 0 Å². The Morgan fingerprint density at radius 3 is 1.75 bits per heavy atom. The Hall–Kier alpha value is -0.940. The van der Waals surface area contributed by atoms with Crippen LogP contribution in [0.25, 0.3) is 0 Å². The smallest absolute Gasteiger partial charge is 0.0552 e. The third kappa shape index (κ3) is 4.57. The monoisotopic (exact) mass is 332 g/mol. The second-order valence-electron chi connectivity index (χ2n) is 7.87. The predicted octanol–water partition coefficient (Wildman–Crippen LogP) is 2.09. The van der Waals surface area contributed by atoms with Gasteiger partial charge in [0.1, 0.15) is 0 Å². The van der Waals surface area contributed by atoms with Crippen LogP contribution in [0.5, 0.6) is 0 Å². The Kier molecular flexibility index (Phi) is 5.93. The first-order valence-corrected chi connectivity index (χ1v) is 9.40. The molecule has 0 bridgehead atoms. The summed E-state index contributed by atoms with van der Waals surface area (Å²) < 4.78 is 0. The highest BCUT2D eigenvalue weighted by molar-refractivity contribution is 5.23. The van der Waals surface area contributed by atoms with Crippen molar-refractivity contribution in [3.8, 4) is 0 Å². The molecule has 0 saturated carbocycles. The van der Waals surface area contributed by atoms with Crippen LogP contribution in [-0.2, 0) is 13.1 Å². The van der Waals surface area contributed by atoms with E-state index in [1.165, 1.54) is 11.1 Å². The molecule has 0 radical (unpaired) electrons. The molecule has 24 heavy (non-hydrogen) atoms. The third-order valence-electron chi connectivity index (χ3n) is 5.79. The van der Waals surface area contributed by atoms with E-state index in [-0.39, 0.29) is 12.2 Å². The highest BCUT2D eigenvalue weighted by Crippen LogP contribution is 2.24. The molecule has 3 rings (SSSR count). The van der Waals surface area contributed by atoms with Crippen LogP contribution in [0.2, 0.25) is 0 Å². The zero-order valence-electron chi connectivity index (χ0n) is 15.1. The summed E-state index contributed by atoms with van der Waals surface area (Å²) in [7, 11) is 0. The van der Waals surface area contributed by atoms with Crippen molar-refractivity contribution < 1.29 is 10.2 Å². The lowest BCUT2D eigenvalue weighted by Gasteiger charge is -2.19. The van der Waals surface area contributed by atoms with Crippen molar-refractivity contribution in [1.82, 2.24) is 9.80 Å². The van der Waals surface area contributed by atoms with Crippen LogP contribution in [0.4, 0.5) is 0 Å². The minimum Gasteiger partial charge on any atom is -0.393 e. The van der Waals surface area contributed by atoms with Crippen LogP contribution in [-0.4, -0.2) is 58.4 Å². The zero-order valence-corrected chi connectivity index (χ0v) is 15.1. The quantitative estimate of drug-likeness (QED) is 0.837. The van der Waals surface area contributed by atoms with Gasteiger partial charge in [-0.3, -0.25) is 9.80 Å². The van der Waals surface area contributed by atoms with Crippen molar-refractivity contribution in [2.75, 3.05) is 26.2 Å². The molecule has 134 valence electrons. The second kappa shape index (κ2) is 7.96. The van der Waals surface area contributed by atoms with Crippen molar-refractivity contribution >= 4 is 0 Å². The molecule has 4 atom stereocenters. The molecule has 2 fully saturated rings. The molecule has 2 aliphatic rings. The van der Waals surface area contributed by atoms with E-state index in [0.717, 1.165) is 52.1 Å². The normalized spacial score (nSPS) is 28.3. The highest BCUT2D eigenvalue weighted by Gasteiger charge is 2.27. The Balaban J connectivity index is 1.53. The first-order valence-electron chi connectivity index (χ1n) is 9.40. The number of hydrogen-bond donors (Lipinski definition) is 2. The van der Waals surface area contributed by atoms with E-state index in [1.54, 1.807) is 0 Å². The largest absolute Gasteiger partial charge is 0.393 e. The van der Waals surface area contributed by atoms with Gasteiger partial charge < -0.3 is 10.2 Å². The summed E-state index contributed by atoms with van der Waals surface area (Å²) in [5.74, 6) is 0.852.